The third-order valence-corrected chi connectivity index (χ3v) is 12.2. The molecule has 0 aliphatic carbocycles. The van der Waals surface area contributed by atoms with E-state index in [-0.39, 0.29) is 45.1 Å². The van der Waals surface area contributed by atoms with Crippen LogP contribution in [-0.2, 0) is 124 Å². The molecule has 0 spiro atoms. The van der Waals surface area contributed by atoms with Crippen LogP contribution in [0.25, 0.3) is 11.1 Å². The number of pyridine rings is 4. The van der Waals surface area contributed by atoms with Crippen molar-refractivity contribution in [1.82, 2.24) is 29.7 Å². The maximum absolute atomic E-state index is 10.7. The number of benzene rings is 2. The van der Waals surface area contributed by atoms with Crippen LogP contribution >= 0.6 is 0 Å². The molecule has 0 amide bonds. The molecule has 0 aliphatic rings. The van der Waals surface area contributed by atoms with Crippen LogP contribution in [0.3, 0.4) is 0 Å². The Morgan fingerprint density at radius 3 is 0.679 bits per heavy atom. The largest absolute Gasteiger partial charge is 2.00 e. The van der Waals surface area contributed by atoms with Crippen LogP contribution in [0.5, 0.6) is 0 Å². The molecular formula is C46H50Cu2F12N6O14S4+2. The molecule has 4 heterocycles. The summed E-state index contributed by atoms with van der Waals surface area (Å²) in [5, 5.41) is 0. The minimum atomic E-state index is -6.09. The summed E-state index contributed by atoms with van der Waals surface area (Å²) in [5.41, 5.74) is -12.8. The normalized spacial score (nSPS) is 11.8. The average molecular weight is 1390 g/mol. The Morgan fingerprint density at radius 1 is 0.333 bits per heavy atom. The Kier molecular flexibility index (Phi) is 36.8. The first-order chi connectivity index (χ1) is 36.8. The molecule has 38 heteroatoms. The van der Waals surface area contributed by atoms with E-state index in [1.807, 2.05) is 49.1 Å². The van der Waals surface area contributed by atoms with Gasteiger partial charge in [0.1, 0.15) is 0 Å². The molecule has 2 aromatic carbocycles. The zero-order valence-electron chi connectivity index (χ0n) is 42.4. The Bertz CT molecular complexity index is 2880. The van der Waals surface area contributed by atoms with Crippen LogP contribution in [0, 0.1) is 0 Å². The first kappa shape index (κ1) is 82.9. The van der Waals surface area contributed by atoms with E-state index in [1.165, 1.54) is 22.3 Å². The average Bonchev–Trinajstić information content (AvgIpc) is 3.57. The third-order valence-electron chi connectivity index (χ3n) is 9.89. The van der Waals surface area contributed by atoms with Crippen LogP contribution in [0.15, 0.2) is 146 Å². The molecule has 476 valence electrons. The predicted octanol–water partition coefficient (Wildman–Crippen LogP) is 5.87. The molecule has 4 aromatic heterocycles. The molecule has 0 atom stereocenters. The standard InChI is InChI=1S/C42H44N6.4CHF3O3S.2Cu.2H2O/c1-3-19-41(35(13-1)33-47(29-21-37-15-5-9-25-43-37)30-22-38-16-6-10-26-44-38)42-20-4-2-14-36(42)34-48(31-23-39-17-7-11-27-45-39)32-24-40-18-8-12-28-46-40;4*2-1(3,4)8(5,6)7;;;;/h1-20,25-28H,21-24,29-34H2;4*(H,5,6,7);;;2*1H2/q;;;;;2*+2;;/p-2. The predicted molar refractivity (Wildman–Crippen MR) is 267 cm³/mol. The van der Waals surface area contributed by atoms with E-state index in [4.69, 9.17) is 51.9 Å². The summed E-state index contributed by atoms with van der Waals surface area (Å²) in [7, 11) is -24.4. The van der Waals surface area contributed by atoms with Gasteiger partial charge in [0, 0.05) is 113 Å². The molecule has 0 saturated heterocycles. The van der Waals surface area contributed by atoms with Crippen molar-refractivity contribution in [1.29, 1.82) is 0 Å². The zero-order valence-corrected chi connectivity index (χ0v) is 47.6. The van der Waals surface area contributed by atoms with Crippen LogP contribution in [0.2, 0.25) is 0 Å². The van der Waals surface area contributed by atoms with Gasteiger partial charge in [-0.3, -0.25) is 29.7 Å². The van der Waals surface area contributed by atoms with Gasteiger partial charge in [-0.2, -0.15) is 52.7 Å². The topological polar surface area (TPSA) is 353 Å². The molecule has 6 rings (SSSR count). The molecule has 6 aromatic rings. The molecule has 0 unspecified atom stereocenters. The molecule has 84 heavy (non-hydrogen) atoms. The van der Waals surface area contributed by atoms with Crippen LogP contribution in [-0.4, -0.2) is 130 Å². The number of nitrogens with zero attached hydrogens (tertiary/aromatic N) is 6. The molecular weight excluding hydrogens is 1340 g/mol. The maximum atomic E-state index is 10.7. The Balaban J connectivity index is -0.00000149. The van der Waals surface area contributed by atoms with Crippen molar-refractivity contribution < 1.29 is 150 Å². The number of halogens is 12. The van der Waals surface area contributed by atoms with Crippen molar-refractivity contribution in [3.05, 3.63) is 180 Å². The fraction of sp³-hybridized carbons (Fsp3) is 0.304. The summed E-state index contributed by atoms with van der Waals surface area (Å²) in [4.78, 5) is 23.5. The van der Waals surface area contributed by atoms with Crippen molar-refractivity contribution in [2.75, 3.05) is 26.2 Å². The second-order valence-corrected chi connectivity index (χ2v) is 21.2. The van der Waals surface area contributed by atoms with E-state index in [0.29, 0.717) is 0 Å². The smallest absolute Gasteiger partial charge is 0.741 e. The van der Waals surface area contributed by atoms with E-state index in [0.717, 1.165) is 87.7 Å². The fourth-order valence-electron chi connectivity index (χ4n) is 6.14. The van der Waals surface area contributed by atoms with Crippen LogP contribution < -0.4 is 0 Å². The van der Waals surface area contributed by atoms with Gasteiger partial charge in [-0.25, -0.2) is 33.7 Å². The van der Waals surface area contributed by atoms with Gasteiger partial charge in [-0.15, -0.1) is 0 Å². The van der Waals surface area contributed by atoms with Gasteiger partial charge < -0.3 is 29.2 Å². The maximum Gasteiger partial charge on any atom is 2.00 e. The van der Waals surface area contributed by atoms with Crippen molar-refractivity contribution in [2.45, 2.75) is 60.8 Å². The fourth-order valence-corrected chi connectivity index (χ4v) is 6.14. The van der Waals surface area contributed by atoms with Crippen LogP contribution in [0.4, 0.5) is 52.7 Å². The third kappa shape index (κ3) is 32.3. The summed E-state index contributed by atoms with van der Waals surface area (Å²) >= 11 is 0. The minimum Gasteiger partial charge on any atom is -0.741 e. The Morgan fingerprint density at radius 2 is 0.512 bits per heavy atom. The quantitative estimate of drug-likeness (QED) is 0.0339. The molecule has 20 nitrogen and oxygen atoms in total. The number of hydrogen-bond acceptors (Lipinski definition) is 18. The Labute approximate surface area is 495 Å². The van der Waals surface area contributed by atoms with Gasteiger partial charge in [-0.05, 0) is 70.8 Å². The van der Waals surface area contributed by atoms with E-state index < -0.39 is 62.5 Å². The second-order valence-electron chi connectivity index (χ2n) is 15.8. The number of hydrogen-bond donors (Lipinski definition) is 0. The number of rotatable bonds is 17. The molecule has 2 radical (unpaired) electrons. The first-order valence-electron chi connectivity index (χ1n) is 22.1. The van der Waals surface area contributed by atoms with E-state index in [2.05, 4.69) is 127 Å². The van der Waals surface area contributed by atoms with E-state index in [9.17, 15) is 52.7 Å². The van der Waals surface area contributed by atoms with Crippen molar-refractivity contribution in [2.24, 2.45) is 0 Å². The van der Waals surface area contributed by atoms with Gasteiger partial charge in [-0.1, -0.05) is 72.8 Å². The summed E-state index contributed by atoms with van der Waals surface area (Å²) < 4.78 is 236. The first-order valence-corrected chi connectivity index (χ1v) is 27.7. The van der Waals surface area contributed by atoms with Crippen LogP contribution in [0.1, 0.15) is 33.9 Å². The monoisotopic (exact) mass is 1390 g/mol. The second kappa shape index (κ2) is 37.3. The molecule has 0 saturated carbocycles. The summed E-state index contributed by atoms with van der Waals surface area (Å²) in [6.45, 7) is 5.41. The SMILES string of the molecule is O=S(=O)([O-])C(F)(F)F.O=S(=O)([O-])C(F)(F)F.O=S(=O)([O-])C(F)(F)F.O=S(=O)([O-])C(F)(F)F.[Cu+2].[Cu+2].[OH3+].[OH3+].c1ccc(CCN(CCc2ccccn2)Cc2ccccc2-c2ccccc2CN(CCc2ccccn2)CCc2ccccn2)nc1. The molecule has 0 aliphatic heterocycles. The molecule has 0 fully saturated rings. The Hall–Kier alpha value is -5.28. The van der Waals surface area contributed by atoms with E-state index >= 15 is 0 Å². The van der Waals surface area contributed by atoms with Gasteiger partial charge in [0.2, 0.25) is 0 Å². The van der Waals surface area contributed by atoms with Gasteiger partial charge >= 0.3 is 56.2 Å². The van der Waals surface area contributed by atoms with Gasteiger partial charge in [0.05, 0.1) is 0 Å². The minimum absolute atomic E-state index is 0. The van der Waals surface area contributed by atoms with Crippen molar-refractivity contribution >= 4 is 40.5 Å². The van der Waals surface area contributed by atoms with E-state index in [1.54, 1.807) is 0 Å². The number of alkyl halides is 12. The molecule has 0 bridgehead atoms. The van der Waals surface area contributed by atoms with Crippen molar-refractivity contribution in [3.8, 4) is 11.1 Å². The summed E-state index contributed by atoms with van der Waals surface area (Å²) in [6.07, 6.45) is 11.2. The summed E-state index contributed by atoms with van der Waals surface area (Å²) in [5.74, 6) is 0. The summed E-state index contributed by atoms with van der Waals surface area (Å²) in [6, 6.07) is 42.5. The number of aromatic nitrogens is 4. The molecule has 6 N–H and O–H groups in total. The van der Waals surface area contributed by atoms with Crippen molar-refractivity contribution in [3.63, 3.8) is 0 Å². The van der Waals surface area contributed by atoms with Gasteiger partial charge in [0.15, 0.2) is 40.5 Å². The zero-order chi connectivity index (χ0) is 60.6. The van der Waals surface area contributed by atoms with Gasteiger partial charge in [0.25, 0.3) is 0 Å².